The van der Waals surface area contributed by atoms with Crippen LogP contribution in [0.3, 0.4) is 0 Å². The van der Waals surface area contributed by atoms with Crippen LogP contribution in [0.25, 0.3) is 0 Å². The highest BCUT2D eigenvalue weighted by Gasteiger charge is 2.27. The SMILES string of the molecule is Cc1sc(Oc2ccc(C(N)=O)nc2)c2c1CCC(=CN)C2=S. The van der Waals surface area contributed by atoms with Gasteiger partial charge in [-0.05, 0) is 49.2 Å². The highest BCUT2D eigenvalue weighted by Crippen LogP contribution is 2.43. The van der Waals surface area contributed by atoms with E-state index in [4.69, 9.17) is 28.4 Å². The largest absolute Gasteiger partial charge is 0.444 e. The van der Waals surface area contributed by atoms with Crippen molar-refractivity contribution in [2.75, 3.05) is 0 Å². The number of hydrogen-bond acceptors (Lipinski definition) is 6. The maximum atomic E-state index is 11.1. The lowest BCUT2D eigenvalue weighted by molar-refractivity contribution is 0.0995. The molecule has 2 aromatic heterocycles. The number of pyridine rings is 1. The van der Waals surface area contributed by atoms with Gasteiger partial charge in [0.2, 0.25) is 0 Å². The first-order valence-electron chi connectivity index (χ1n) is 7.02. The maximum absolute atomic E-state index is 11.1. The van der Waals surface area contributed by atoms with Crippen LogP contribution in [0, 0.1) is 6.92 Å². The lowest BCUT2D eigenvalue weighted by Crippen LogP contribution is -2.14. The first-order valence-corrected chi connectivity index (χ1v) is 8.25. The summed E-state index contributed by atoms with van der Waals surface area (Å²) >= 11 is 7.11. The number of primary amides is 1. The fourth-order valence-corrected chi connectivity index (χ4v) is 4.06. The van der Waals surface area contributed by atoms with Gasteiger partial charge in [0.25, 0.3) is 5.91 Å². The number of amides is 1. The van der Waals surface area contributed by atoms with E-state index < -0.39 is 5.91 Å². The fraction of sp³-hybridized carbons (Fsp3) is 0.188. The molecule has 0 saturated heterocycles. The molecule has 0 radical (unpaired) electrons. The summed E-state index contributed by atoms with van der Waals surface area (Å²) in [6.45, 7) is 2.06. The fourth-order valence-electron chi connectivity index (χ4n) is 2.54. The predicted molar refractivity (Wildman–Crippen MR) is 94.2 cm³/mol. The number of aromatic nitrogens is 1. The van der Waals surface area contributed by atoms with Gasteiger partial charge in [-0.2, -0.15) is 0 Å². The van der Waals surface area contributed by atoms with Crippen molar-refractivity contribution in [2.45, 2.75) is 19.8 Å². The number of hydrogen-bond donors (Lipinski definition) is 2. The van der Waals surface area contributed by atoms with Crippen LogP contribution in [0.5, 0.6) is 10.8 Å². The highest BCUT2D eigenvalue weighted by atomic mass is 32.1. The van der Waals surface area contributed by atoms with Gasteiger partial charge in [0, 0.05) is 4.88 Å². The summed E-state index contributed by atoms with van der Waals surface area (Å²) in [6.07, 6.45) is 4.82. The first-order chi connectivity index (χ1) is 11.0. The second-order valence-electron chi connectivity index (χ2n) is 5.17. The molecule has 2 heterocycles. The lowest BCUT2D eigenvalue weighted by Gasteiger charge is -2.18. The normalized spacial score (nSPS) is 15.5. The number of carbonyl (C=O) groups excluding carboxylic acids is 1. The van der Waals surface area contributed by atoms with Crippen molar-refractivity contribution < 1.29 is 9.53 Å². The van der Waals surface area contributed by atoms with Crippen molar-refractivity contribution in [3.63, 3.8) is 0 Å². The quantitative estimate of drug-likeness (QED) is 0.659. The number of ether oxygens (including phenoxy) is 1. The number of thiophene rings is 1. The summed E-state index contributed by atoms with van der Waals surface area (Å²) in [5.41, 5.74) is 14.2. The van der Waals surface area contributed by atoms with Crippen LogP contribution in [-0.4, -0.2) is 15.8 Å². The summed E-state index contributed by atoms with van der Waals surface area (Å²) in [4.78, 5) is 17.0. The predicted octanol–water partition coefficient (Wildman–Crippen LogP) is 2.85. The van der Waals surface area contributed by atoms with Gasteiger partial charge < -0.3 is 16.2 Å². The molecule has 0 unspecified atom stereocenters. The van der Waals surface area contributed by atoms with Crippen molar-refractivity contribution in [3.05, 3.63) is 51.8 Å². The van der Waals surface area contributed by atoms with Gasteiger partial charge in [0.05, 0.1) is 16.6 Å². The molecular formula is C16H15N3O2S2. The topological polar surface area (TPSA) is 91.2 Å². The molecule has 1 aliphatic carbocycles. The zero-order chi connectivity index (χ0) is 16.6. The van der Waals surface area contributed by atoms with Crippen molar-refractivity contribution in [3.8, 4) is 10.8 Å². The highest BCUT2D eigenvalue weighted by molar-refractivity contribution is 7.81. The zero-order valence-corrected chi connectivity index (χ0v) is 14.1. The molecule has 2 aromatic rings. The van der Waals surface area contributed by atoms with E-state index in [0.29, 0.717) is 5.75 Å². The first kappa shape index (κ1) is 15.6. The van der Waals surface area contributed by atoms with Crippen molar-refractivity contribution in [1.82, 2.24) is 4.98 Å². The Bertz CT molecular complexity index is 823. The minimum absolute atomic E-state index is 0.200. The van der Waals surface area contributed by atoms with E-state index in [0.717, 1.165) is 33.9 Å². The van der Waals surface area contributed by atoms with Gasteiger partial charge in [-0.1, -0.05) is 12.2 Å². The zero-order valence-electron chi connectivity index (χ0n) is 12.5. The van der Waals surface area contributed by atoms with E-state index in [9.17, 15) is 4.79 Å². The molecule has 7 heteroatoms. The number of aryl methyl sites for hydroxylation is 1. The van der Waals surface area contributed by atoms with Crippen LogP contribution >= 0.6 is 23.6 Å². The van der Waals surface area contributed by atoms with Gasteiger partial charge in [0.15, 0.2) is 5.06 Å². The van der Waals surface area contributed by atoms with E-state index in [-0.39, 0.29) is 5.69 Å². The minimum atomic E-state index is -0.570. The molecule has 0 atom stereocenters. The maximum Gasteiger partial charge on any atom is 0.267 e. The molecule has 5 nitrogen and oxygen atoms in total. The van der Waals surface area contributed by atoms with Crippen LogP contribution in [-0.2, 0) is 6.42 Å². The number of thiocarbonyl (C=S) groups is 1. The van der Waals surface area contributed by atoms with Crippen LogP contribution in [0.2, 0.25) is 0 Å². The Balaban J connectivity index is 1.95. The average Bonchev–Trinajstić information content (AvgIpc) is 2.85. The molecule has 0 saturated carbocycles. The molecule has 23 heavy (non-hydrogen) atoms. The second kappa shape index (κ2) is 6.10. The lowest BCUT2D eigenvalue weighted by atomic mass is 9.90. The van der Waals surface area contributed by atoms with Gasteiger partial charge in [-0.3, -0.25) is 4.79 Å². The van der Waals surface area contributed by atoms with Crippen LogP contribution < -0.4 is 16.2 Å². The Morgan fingerprint density at radius 1 is 1.43 bits per heavy atom. The second-order valence-corrected chi connectivity index (χ2v) is 6.76. The molecule has 1 aliphatic rings. The van der Waals surface area contributed by atoms with Gasteiger partial charge in [-0.25, -0.2) is 4.98 Å². The van der Waals surface area contributed by atoms with E-state index in [1.807, 2.05) is 0 Å². The summed E-state index contributed by atoms with van der Waals surface area (Å²) in [6, 6.07) is 3.20. The van der Waals surface area contributed by atoms with E-state index >= 15 is 0 Å². The Labute approximate surface area is 143 Å². The summed E-state index contributed by atoms with van der Waals surface area (Å²) in [5.74, 6) is -0.0366. The van der Waals surface area contributed by atoms with Crippen molar-refractivity contribution >= 4 is 34.3 Å². The third kappa shape index (κ3) is 2.85. The van der Waals surface area contributed by atoms with Gasteiger partial charge >= 0.3 is 0 Å². The molecule has 1 amide bonds. The number of carbonyl (C=O) groups is 1. The van der Waals surface area contributed by atoms with Gasteiger partial charge in [-0.15, -0.1) is 11.3 Å². The molecule has 4 N–H and O–H groups in total. The van der Waals surface area contributed by atoms with Crippen LogP contribution in [0.4, 0.5) is 0 Å². The van der Waals surface area contributed by atoms with Crippen LogP contribution in [0.1, 0.15) is 32.9 Å². The Kier molecular flexibility index (Phi) is 4.14. The van der Waals surface area contributed by atoms with E-state index in [1.54, 1.807) is 23.6 Å². The number of nitrogens with zero attached hydrogens (tertiary/aromatic N) is 1. The smallest absolute Gasteiger partial charge is 0.267 e. The Hall–Kier alpha value is -2.25. The molecular weight excluding hydrogens is 330 g/mol. The molecule has 0 fully saturated rings. The summed E-state index contributed by atoms with van der Waals surface area (Å²) in [5, 5.41) is 0.732. The molecule has 0 bridgehead atoms. The number of rotatable bonds is 3. The van der Waals surface area contributed by atoms with Crippen molar-refractivity contribution in [1.29, 1.82) is 0 Å². The molecule has 118 valence electrons. The molecule has 3 rings (SSSR count). The number of nitrogens with two attached hydrogens (primary N) is 2. The number of fused-ring (bicyclic) bond motifs is 1. The van der Waals surface area contributed by atoms with Crippen molar-refractivity contribution in [2.24, 2.45) is 11.5 Å². The molecule has 0 aliphatic heterocycles. The Morgan fingerprint density at radius 2 is 2.22 bits per heavy atom. The van der Waals surface area contributed by atoms with Crippen LogP contribution in [0.15, 0.2) is 30.1 Å². The third-order valence-electron chi connectivity index (χ3n) is 3.74. The van der Waals surface area contributed by atoms with Gasteiger partial charge in [0.1, 0.15) is 11.4 Å². The summed E-state index contributed by atoms with van der Waals surface area (Å²) in [7, 11) is 0. The monoisotopic (exact) mass is 345 g/mol. The molecule has 0 spiro atoms. The average molecular weight is 345 g/mol. The van der Waals surface area contributed by atoms with E-state index in [1.165, 1.54) is 22.7 Å². The minimum Gasteiger partial charge on any atom is -0.444 e. The Morgan fingerprint density at radius 3 is 2.83 bits per heavy atom. The van der Waals surface area contributed by atoms with E-state index in [2.05, 4.69) is 11.9 Å². The number of allylic oxidation sites excluding steroid dienone is 1. The molecule has 0 aromatic carbocycles. The third-order valence-corrected chi connectivity index (χ3v) is 5.23. The standard InChI is InChI=1S/C16H15N3O2S2/c1-8-11-4-2-9(6-17)14(22)13(11)16(23-8)21-10-3-5-12(15(18)20)19-7-10/h3,5-7H,2,4,17H2,1H3,(H2,18,20). The summed E-state index contributed by atoms with van der Waals surface area (Å²) < 4.78 is 5.94.